The highest BCUT2D eigenvalue weighted by atomic mass is 79.9. The number of benzene rings is 2. The molecular weight excluding hydrogens is 440 g/mol. The van der Waals surface area contributed by atoms with Crippen LogP contribution in [0.4, 0.5) is 0 Å². The maximum absolute atomic E-state index is 12.7. The van der Waals surface area contributed by atoms with Gasteiger partial charge in [0.2, 0.25) is 0 Å². The molecular formula is C17H12Br2N2O3. The van der Waals surface area contributed by atoms with E-state index in [0.717, 1.165) is 14.5 Å². The minimum absolute atomic E-state index is 0.234. The second-order valence-corrected chi connectivity index (χ2v) is 7.03. The summed E-state index contributed by atoms with van der Waals surface area (Å²) in [5.74, 6) is -0.984. The first kappa shape index (κ1) is 16.9. The fourth-order valence-electron chi connectivity index (χ4n) is 2.50. The summed E-state index contributed by atoms with van der Waals surface area (Å²) in [5, 5.41) is 14.5. The van der Waals surface area contributed by atoms with Crippen molar-refractivity contribution in [2.45, 2.75) is 13.0 Å². The maximum atomic E-state index is 12.7. The van der Waals surface area contributed by atoms with Gasteiger partial charge in [-0.2, -0.15) is 5.10 Å². The molecule has 24 heavy (non-hydrogen) atoms. The number of aliphatic carboxylic acids is 1. The van der Waals surface area contributed by atoms with E-state index >= 15 is 0 Å². The predicted octanol–water partition coefficient (Wildman–Crippen LogP) is 3.60. The Bertz CT molecular complexity index is 999. The number of hydrogen-bond acceptors (Lipinski definition) is 3. The molecule has 2 aromatic carbocycles. The van der Waals surface area contributed by atoms with Gasteiger partial charge in [0.25, 0.3) is 5.56 Å². The number of carbonyl (C=O) groups is 1. The maximum Gasteiger partial charge on any atom is 0.309 e. The van der Waals surface area contributed by atoms with Gasteiger partial charge in [0.15, 0.2) is 0 Å². The van der Waals surface area contributed by atoms with Crippen molar-refractivity contribution in [2.75, 3.05) is 0 Å². The van der Waals surface area contributed by atoms with Gasteiger partial charge in [-0.15, -0.1) is 0 Å². The van der Waals surface area contributed by atoms with Crippen LogP contribution in [0.25, 0.3) is 10.8 Å². The molecule has 1 heterocycles. The lowest BCUT2D eigenvalue weighted by atomic mass is 10.1. The molecule has 3 rings (SSSR count). The third-order valence-electron chi connectivity index (χ3n) is 3.60. The Morgan fingerprint density at radius 2 is 1.83 bits per heavy atom. The van der Waals surface area contributed by atoms with Crippen LogP contribution in [0.5, 0.6) is 0 Å². The number of carboxylic acids is 1. The average Bonchev–Trinajstić information content (AvgIpc) is 2.54. The van der Waals surface area contributed by atoms with E-state index in [-0.39, 0.29) is 18.5 Å². The monoisotopic (exact) mass is 450 g/mol. The number of hydrogen-bond donors (Lipinski definition) is 1. The molecule has 0 saturated heterocycles. The smallest absolute Gasteiger partial charge is 0.309 e. The van der Waals surface area contributed by atoms with E-state index in [9.17, 15) is 9.59 Å². The molecule has 1 aromatic heterocycles. The van der Waals surface area contributed by atoms with E-state index in [1.54, 1.807) is 24.3 Å². The number of nitrogens with zero attached hydrogens (tertiary/aromatic N) is 2. The van der Waals surface area contributed by atoms with Crippen molar-refractivity contribution in [3.8, 4) is 0 Å². The Balaban J connectivity index is 2.15. The van der Waals surface area contributed by atoms with Crippen LogP contribution in [0.15, 0.2) is 56.2 Å². The molecule has 3 aromatic rings. The highest BCUT2D eigenvalue weighted by Crippen LogP contribution is 2.22. The zero-order chi connectivity index (χ0) is 17.3. The molecule has 0 spiro atoms. The second-order valence-electron chi connectivity index (χ2n) is 5.26. The Kier molecular flexibility index (Phi) is 4.82. The quantitative estimate of drug-likeness (QED) is 0.657. The van der Waals surface area contributed by atoms with Crippen molar-refractivity contribution in [3.63, 3.8) is 0 Å². The van der Waals surface area contributed by atoms with Crippen molar-refractivity contribution < 1.29 is 9.90 Å². The number of carboxylic acid groups (broad SMARTS) is 1. The molecule has 0 saturated carbocycles. The van der Waals surface area contributed by atoms with Gasteiger partial charge in [-0.1, -0.05) is 56.1 Å². The average molecular weight is 452 g/mol. The van der Waals surface area contributed by atoms with Gasteiger partial charge in [-0.25, -0.2) is 4.68 Å². The van der Waals surface area contributed by atoms with Gasteiger partial charge in [0, 0.05) is 14.3 Å². The summed E-state index contributed by atoms with van der Waals surface area (Å²) in [7, 11) is 0. The minimum Gasteiger partial charge on any atom is -0.481 e. The third kappa shape index (κ3) is 3.42. The van der Waals surface area contributed by atoms with Gasteiger partial charge in [0.1, 0.15) is 0 Å². The number of fused-ring (bicyclic) bond motifs is 1. The van der Waals surface area contributed by atoms with Crippen molar-refractivity contribution in [3.05, 3.63) is 73.0 Å². The molecule has 0 aliphatic heterocycles. The molecule has 122 valence electrons. The molecule has 0 aliphatic carbocycles. The topological polar surface area (TPSA) is 72.2 Å². The van der Waals surface area contributed by atoms with Gasteiger partial charge in [-0.05, 0) is 23.8 Å². The fourth-order valence-corrected chi connectivity index (χ4v) is 3.67. The van der Waals surface area contributed by atoms with Crippen molar-refractivity contribution in [1.29, 1.82) is 0 Å². The zero-order valence-corrected chi connectivity index (χ0v) is 15.5. The Morgan fingerprint density at radius 1 is 1.12 bits per heavy atom. The van der Waals surface area contributed by atoms with E-state index in [4.69, 9.17) is 5.11 Å². The van der Waals surface area contributed by atoms with E-state index in [2.05, 4.69) is 37.0 Å². The fraction of sp³-hybridized carbons (Fsp3) is 0.118. The highest BCUT2D eigenvalue weighted by Gasteiger charge is 2.14. The molecule has 7 heteroatoms. The standard InChI is InChI=1S/C17H12Br2N2O3/c18-11-6-5-10(14(19)7-11)9-21-17(24)13-4-2-1-3-12(13)15(20-21)8-16(22)23/h1-7H,8-9H2,(H,22,23). The second kappa shape index (κ2) is 6.86. The predicted molar refractivity (Wildman–Crippen MR) is 98.3 cm³/mol. The molecule has 0 amide bonds. The van der Waals surface area contributed by atoms with Gasteiger partial charge >= 0.3 is 5.97 Å². The summed E-state index contributed by atoms with van der Waals surface area (Å²) in [5.41, 5.74) is 1.02. The van der Waals surface area contributed by atoms with Crippen molar-refractivity contribution >= 4 is 48.6 Å². The molecule has 5 nitrogen and oxygen atoms in total. The van der Waals surface area contributed by atoms with Crippen LogP contribution in [0.3, 0.4) is 0 Å². The third-order valence-corrected chi connectivity index (χ3v) is 4.83. The first-order valence-electron chi connectivity index (χ1n) is 7.10. The van der Waals surface area contributed by atoms with Gasteiger partial charge < -0.3 is 5.11 Å². The first-order chi connectivity index (χ1) is 11.5. The summed E-state index contributed by atoms with van der Waals surface area (Å²) in [6, 6.07) is 12.6. The highest BCUT2D eigenvalue weighted by molar-refractivity contribution is 9.11. The summed E-state index contributed by atoms with van der Waals surface area (Å²) in [6.07, 6.45) is -0.234. The number of aromatic nitrogens is 2. The van der Waals surface area contributed by atoms with Crippen LogP contribution in [-0.2, 0) is 17.8 Å². The Hall–Kier alpha value is -1.99. The molecule has 0 bridgehead atoms. The molecule has 0 unspecified atom stereocenters. The first-order valence-corrected chi connectivity index (χ1v) is 8.69. The largest absolute Gasteiger partial charge is 0.481 e. The minimum atomic E-state index is -0.984. The van der Waals surface area contributed by atoms with E-state index in [1.807, 2.05) is 18.2 Å². The van der Waals surface area contributed by atoms with E-state index in [0.29, 0.717) is 16.5 Å². The SMILES string of the molecule is O=C(O)Cc1nn(Cc2ccc(Br)cc2Br)c(=O)c2ccccc12. The summed E-state index contributed by atoms with van der Waals surface area (Å²) >= 11 is 6.86. The summed E-state index contributed by atoms with van der Waals surface area (Å²) in [6.45, 7) is 0.254. The van der Waals surface area contributed by atoms with Crippen LogP contribution >= 0.6 is 31.9 Å². The summed E-state index contributed by atoms with van der Waals surface area (Å²) in [4.78, 5) is 23.8. The lowest BCUT2D eigenvalue weighted by molar-refractivity contribution is -0.136. The van der Waals surface area contributed by atoms with E-state index < -0.39 is 5.97 Å². The molecule has 0 aliphatic rings. The van der Waals surface area contributed by atoms with Crippen LogP contribution in [0.1, 0.15) is 11.3 Å². The summed E-state index contributed by atoms with van der Waals surface area (Å²) < 4.78 is 3.08. The van der Waals surface area contributed by atoms with Crippen LogP contribution < -0.4 is 5.56 Å². The molecule has 0 atom stereocenters. The number of halogens is 2. The van der Waals surface area contributed by atoms with Crippen molar-refractivity contribution in [1.82, 2.24) is 9.78 Å². The van der Waals surface area contributed by atoms with Crippen LogP contribution in [-0.4, -0.2) is 20.9 Å². The molecule has 0 radical (unpaired) electrons. The lowest BCUT2D eigenvalue weighted by Gasteiger charge is -2.11. The number of rotatable bonds is 4. The van der Waals surface area contributed by atoms with Crippen molar-refractivity contribution in [2.24, 2.45) is 0 Å². The van der Waals surface area contributed by atoms with Crippen LogP contribution in [0.2, 0.25) is 0 Å². The van der Waals surface area contributed by atoms with Gasteiger partial charge in [0.05, 0.1) is 24.0 Å². The van der Waals surface area contributed by atoms with Gasteiger partial charge in [-0.3, -0.25) is 9.59 Å². The Morgan fingerprint density at radius 3 is 2.50 bits per heavy atom. The molecule has 1 N–H and O–H groups in total. The zero-order valence-electron chi connectivity index (χ0n) is 12.4. The Labute approximate surface area is 154 Å². The van der Waals surface area contributed by atoms with E-state index in [1.165, 1.54) is 4.68 Å². The lowest BCUT2D eigenvalue weighted by Crippen LogP contribution is -2.26. The van der Waals surface area contributed by atoms with Crippen LogP contribution in [0, 0.1) is 0 Å². The normalized spacial score (nSPS) is 10.9. The molecule has 0 fully saturated rings.